The van der Waals surface area contributed by atoms with Crippen LogP contribution in [0.2, 0.25) is 0 Å². The van der Waals surface area contributed by atoms with Crippen molar-refractivity contribution in [2.75, 3.05) is 6.61 Å². The number of ether oxygens (including phenoxy) is 2. The van der Waals surface area contributed by atoms with Gasteiger partial charge in [0.05, 0.1) is 18.6 Å². The van der Waals surface area contributed by atoms with Crippen LogP contribution in [0, 0.1) is 35.0 Å². The lowest BCUT2D eigenvalue weighted by Gasteiger charge is -2.21. The Bertz CT molecular complexity index is 1440. The number of allylic oxidation sites excluding steroid dienone is 2. The van der Waals surface area contributed by atoms with Gasteiger partial charge in [0.1, 0.15) is 5.82 Å². The van der Waals surface area contributed by atoms with Crippen molar-refractivity contribution in [2.45, 2.75) is 52.1 Å². The molecule has 0 bridgehead atoms. The Balaban J connectivity index is 1.45. The highest BCUT2D eigenvalue weighted by molar-refractivity contribution is 5.78. The normalized spacial score (nSPS) is 15.9. The molecular weight excluding hydrogens is 531 g/mol. The highest BCUT2D eigenvalue weighted by Crippen LogP contribution is 2.36. The van der Waals surface area contributed by atoms with Gasteiger partial charge in [-0.3, -0.25) is 4.79 Å². The van der Waals surface area contributed by atoms with Crippen LogP contribution in [0.25, 0.3) is 16.7 Å². The Morgan fingerprint density at radius 2 is 1.62 bits per heavy atom. The Hall–Kier alpha value is -3.72. The molecule has 1 N–H and O–H groups in total. The van der Waals surface area contributed by atoms with E-state index in [0.29, 0.717) is 24.8 Å². The fourth-order valence-electron chi connectivity index (χ4n) is 4.75. The molecule has 0 radical (unpaired) electrons. The predicted octanol–water partition coefficient (Wildman–Crippen LogP) is 8.07. The smallest absolute Gasteiger partial charge is 0.314 e. The fourth-order valence-corrected chi connectivity index (χ4v) is 4.75. The monoisotopic (exact) mass is 560 g/mol. The van der Waals surface area contributed by atoms with Crippen LogP contribution >= 0.6 is 0 Å². The Kier molecular flexibility index (Phi) is 9.25. The molecule has 0 aliphatic heterocycles. The lowest BCUT2D eigenvalue weighted by atomic mass is 9.86. The van der Waals surface area contributed by atoms with E-state index in [9.17, 15) is 31.9 Å². The summed E-state index contributed by atoms with van der Waals surface area (Å²) in [6.07, 6.45) is 2.35. The van der Waals surface area contributed by atoms with Gasteiger partial charge in [0, 0.05) is 16.7 Å². The van der Waals surface area contributed by atoms with E-state index in [1.807, 2.05) is 0 Å². The minimum atomic E-state index is -1.34. The molecule has 9 heteroatoms. The first-order chi connectivity index (χ1) is 19.2. The van der Waals surface area contributed by atoms with E-state index in [1.54, 1.807) is 26.0 Å². The lowest BCUT2D eigenvalue weighted by Crippen LogP contribution is -2.23. The summed E-state index contributed by atoms with van der Waals surface area (Å²) >= 11 is 0. The molecular formula is C31H29F5O4. The number of carbonyl (C=O) groups is 1. The summed E-state index contributed by atoms with van der Waals surface area (Å²) in [7, 11) is 0. The topological polar surface area (TPSA) is 55.8 Å². The summed E-state index contributed by atoms with van der Waals surface area (Å²) in [5.74, 6) is -7.90. The number of aliphatic hydroxyl groups excluding tert-OH is 1. The Morgan fingerprint density at radius 1 is 0.925 bits per heavy atom. The molecule has 0 heterocycles. The molecule has 1 aliphatic carbocycles. The second-order valence-electron chi connectivity index (χ2n) is 9.57. The number of esters is 1. The highest BCUT2D eigenvalue weighted by atomic mass is 19.2. The van der Waals surface area contributed by atoms with Crippen molar-refractivity contribution in [2.24, 2.45) is 5.92 Å². The van der Waals surface area contributed by atoms with Crippen LogP contribution in [0.15, 0.2) is 48.5 Å². The third-order valence-corrected chi connectivity index (χ3v) is 6.93. The third kappa shape index (κ3) is 6.04. The van der Waals surface area contributed by atoms with Crippen molar-refractivity contribution in [1.29, 1.82) is 0 Å². The summed E-state index contributed by atoms with van der Waals surface area (Å²) in [5.41, 5.74) is 0.733. The average Bonchev–Trinajstić information content (AvgIpc) is 2.94. The van der Waals surface area contributed by atoms with E-state index in [2.05, 4.69) is 0 Å². The first-order valence-electron chi connectivity index (χ1n) is 13.1. The molecule has 2 unspecified atom stereocenters. The number of hydrogen-bond acceptors (Lipinski definition) is 4. The first kappa shape index (κ1) is 29.3. The van der Waals surface area contributed by atoms with Crippen molar-refractivity contribution >= 4 is 11.5 Å². The fraction of sp³-hybridized carbons (Fsp3) is 0.323. The minimum absolute atomic E-state index is 0.108. The van der Waals surface area contributed by atoms with Gasteiger partial charge in [0.2, 0.25) is 11.6 Å². The molecule has 3 aromatic carbocycles. The molecule has 0 aromatic heterocycles. The zero-order valence-corrected chi connectivity index (χ0v) is 22.1. The zero-order chi connectivity index (χ0) is 29.0. The van der Waals surface area contributed by atoms with Crippen molar-refractivity contribution in [3.8, 4) is 22.6 Å². The van der Waals surface area contributed by atoms with E-state index < -0.39 is 52.8 Å². The Morgan fingerprint density at radius 3 is 2.27 bits per heavy atom. The third-order valence-electron chi connectivity index (χ3n) is 6.93. The van der Waals surface area contributed by atoms with E-state index in [0.717, 1.165) is 11.6 Å². The average molecular weight is 561 g/mol. The number of halogens is 5. The van der Waals surface area contributed by atoms with Gasteiger partial charge in [-0.05, 0) is 74.1 Å². The Labute approximate surface area is 229 Å². The van der Waals surface area contributed by atoms with Crippen molar-refractivity contribution in [1.82, 2.24) is 0 Å². The molecule has 40 heavy (non-hydrogen) atoms. The highest BCUT2D eigenvalue weighted by Gasteiger charge is 2.27. The van der Waals surface area contributed by atoms with Crippen LogP contribution in [-0.4, -0.2) is 17.7 Å². The molecule has 3 aromatic rings. The van der Waals surface area contributed by atoms with E-state index in [4.69, 9.17) is 9.47 Å². The van der Waals surface area contributed by atoms with Crippen LogP contribution in [0.3, 0.4) is 0 Å². The van der Waals surface area contributed by atoms with Gasteiger partial charge in [-0.2, -0.15) is 8.78 Å². The maximum Gasteiger partial charge on any atom is 0.314 e. The summed E-state index contributed by atoms with van der Waals surface area (Å²) in [6, 6.07) is 9.00. The van der Waals surface area contributed by atoms with E-state index >= 15 is 0 Å². The number of rotatable bonds is 9. The summed E-state index contributed by atoms with van der Waals surface area (Å²) < 4.78 is 82.9. The molecule has 0 spiro atoms. The van der Waals surface area contributed by atoms with Crippen LogP contribution in [0.1, 0.15) is 63.2 Å². The second-order valence-corrected chi connectivity index (χ2v) is 9.57. The first-order valence-corrected chi connectivity index (χ1v) is 13.1. The van der Waals surface area contributed by atoms with Gasteiger partial charge in [0.15, 0.2) is 23.1 Å². The van der Waals surface area contributed by atoms with Crippen molar-refractivity contribution in [3.63, 3.8) is 0 Å². The van der Waals surface area contributed by atoms with Crippen LogP contribution in [0.4, 0.5) is 22.0 Å². The maximum absolute atomic E-state index is 15.0. The molecule has 2 atom stereocenters. The SMILES string of the molecule is CCCC(O)c1ccc(OC(=O)C2CC=C(c3ccc(-c4ccc(OCC)c(F)c4F)c(F)c3)CC2)c(F)c1F. The van der Waals surface area contributed by atoms with Crippen LogP contribution in [-0.2, 0) is 4.79 Å². The van der Waals surface area contributed by atoms with Crippen LogP contribution in [0.5, 0.6) is 11.5 Å². The number of aliphatic hydroxyl groups is 1. The molecule has 1 aliphatic rings. The molecule has 0 saturated heterocycles. The molecule has 212 valence electrons. The molecule has 0 fully saturated rings. The number of benzene rings is 3. The number of hydrogen-bond donors (Lipinski definition) is 1. The van der Waals surface area contributed by atoms with Gasteiger partial charge >= 0.3 is 5.97 Å². The van der Waals surface area contributed by atoms with Gasteiger partial charge in [-0.15, -0.1) is 0 Å². The van der Waals surface area contributed by atoms with Crippen molar-refractivity contribution in [3.05, 3.63) is 88.8 Å². The molecule has 0 amide bonds. The van der Waals surface area contributed by atoms with E-state index in [-0.39, 0.29) is 41.9 Å². The summed E-state index contributed by atoms with van der Waals surface area (Å²) in [4.78, 5) is 12.7. The maximum atomic E-state index is 15.0. The van der Waals surface area contributed by atoms with Gasteiger partial charge in [-0.25, -0.2) is 13.2 Å². The van der Waals surface area contributed by atoms with Gasteiger partial charge in [0.25, 0.3) is 0 Å². The molecule has 4 rings (SSSR count). The van der Waals surface area contributed by atoms with Crippen LogP contribution < -0.4 is 9.47 Å². The predicted molar refractivity (Wildman–Crippen MR) is 140 cm³/mol. The van der Waals surface area contributed by atoms with Gasteiger partial charge < -0.3 is 14.6 Å². The molecule has 4 nitrogen and oxygen atoms in total. The number of carbonyl (C=O) groups excluding carboxylic acids is 1. The van der Waals surface area contributed by atoms with Crippen molar-refractivity contribution < 1.29 is 41.3 Å². The lowest BCUT2D eigenvalue weighted by molar-refractivity contribution is -0.139. The van der Waals surface area contributed by atoms with E-state index in [1.165, 1.54) is 30.3 Å². The van der Waals surface area contributed by atoms with Gasteiger partial charge in [-0.1, -0.05) is 31.6 Å². The second kappa shape index (κ2) is 12.6. The quantitative estimate of drug-likeness (QED) is 0.163. The standard InChI is InChI=1S/C31H29F5O4/c1-3-5-24(37)22-13-15-26(30(36)28(22)34)40-31(38)18-8-6-17(7-9-18)19-10-11-20(23(32)16-19)21-12-14-25(39-4-2)29(35)27(21)33/h6,10-16,18,24,37H,3-5,7-9H2,1-2H3. The summed E-state index contributed by atoms with van der Waals surface area (Å²) in [6.45, 7) is 3.59. The zero-order valence-electron chi connectivity index (χ0n) is 22.1. The summed E-state index contributed by atoms with van der Waals surface area (Å²) in [5, 5.41) is 9.98. The minimum Gasteiger partial charge on any atom is -0.491 e. The molecule has 0 saturated carbocycles. The largest absolute Gasteiger partial charge is 0.491 e.